The summed E-state index contributed by atoms with van der Waals surface area (Å²) in [5.74, 6) is -0.0975. The zero-order chi connectivity index (χ0) is 25.2. The summed E-state index contributed by atoms with van der Waals surface area (Å²) in [6.45, 7) is 0.421. The van der Waals surface area contributed by atoms with Crippen LogP contribution in [0.25, 0.3) is 0 Å². The van der Waals surface area contributed by atoms with Gasteiger partial charge in [0.2, 0.25) is 0 Å². The van der Waals surface area contributed by atoms with Gasteiger partial charge in [-0.1, -0.05) is 54.1 Å². The Bertz CT molecular complexity index is 1340. The van der Waals surface area contributed by atoms with E-state index in [1.807, 2.05) is 42.5 Å². The monoisotopic (exact) mass is 520 g/mol. The molecule has 11 heteroatoms. The highest BCUT2D eigenvalue weighted by Crippen LogP contribution is 2.31. The van der Waals surface area contributed by atoms with E-state index in [-0.39, 0.29) is 10.8 Å². The lowest BCUT2D eigenvalue weighted by molar-refractivity contribution is -0.137. The van der Waals surface area contributed by atoms with Gasteiger partial charge in [0.1, 0.15) is 6.34 Å². The zero-order valence-electron chi connectivity index (χ0n) is 18.4. The number of rotatable bonds is 6. The molecule has 3 aromatic carbocycles. The van der Waals surface area contributed by atoms with Crippen molar-refractivity contribution in [2.45, 2.75) is 17.0 Å². The van der Waals surface area contributed by atoms with Crippen LogP contribution in [0, 0.1) is 0 Å². The van der Waals surface area contributed by atoms with Crippen LogP contribution in [0.1, 0.15) is 22.6 Å². The van der Waals surface area contributed by atoms with Gasteiger partial charge in [0, 0.05) is 12.1 Å². The number of hydrazone groups is 1. The Morgan fingerprint density at radius 3 is 2.26 bits per heavy atom. The third-order valence-electron chi connectivity index (χ3n) is 5.44. The van der Waals surface area contributed by atoms with Crippen molar-refractivity contribution < 1.29 is 21.6 Å². The normalized spacial score (nSPS) is 16.5. The molecule has 4 rings (SSSR count). The predicted octanol–water partition coefficient (Wildman–Crippen LogP) is 5.43. The van der Waals surface area contributed by atoms with Crippen LogP contribution < -0.4 is 0 Å². The molecule has 1 aliphatic heterocycles. The van der Waals surface area contributed by atoms with Gasteiger partial charge >= 0.3 is 6.18 Å². The Morgan fingerprint density at radius 2 is 1.66 bits per heavy atom. The van der Waals surface area contributed by atoms with Crippen LogP contribution in [-0.4, -0.2) is 44.2 Å². The molecule has 1 heterocycles. The maximum absolute atomic E-state index is 12.8. The molecule has 0 saturated heterocycles. The topological polar surface area (TPSA) is 65.3 Å². The van der Waals surface area contributed by atoms with E-state index in [9.17, 15) is 21.6 Å². The summed E-state index contributed by atoms with van der Waals surface area (Å²) < 4.78 is 67.0. The van der Waals surface area contributed by atoms with Crippen molar-refractivity contribution in [3.63, 3.8) is 0 Å². The van der Waals surface area contributed by atoms with Gasteiger partial charge in [-0.2, -0.15) is 26.7 Å². The number of hydrazine groups is 1. The van der Waals surface area contributed by atoms with E-state index in [1.54, 1.807) is 24.3 Å². The van der Waals surface area contributed by atoms with Crippen molar-refractivity contribution >= 4 is 33.7 Å². The van der Waals surface area contributed by atoms with Crippen LogP contribution >= 0.6 is 11.6 Å². The summed E-state index contributed by atoms with van der Waals surface area (Å²) in [6, 6.07) is 20.2. The predicted molar refractivity (Wildman–Crippen MR) is 129 cm³/mol. The van der Waals surface area contributed by atoms with E-state index in [0.29, 0.717) is 23.7 Å². The molecule has 0 amide bonds. The third-order valence-corrected chi connectivity index (χ3v) is 6.93. The van der Waals surface area contributed by atoms with Crippen molar-refractivity contribution in [1.82, 2.24) is 10.1 Å². The van der Waals surface area contributed by atoms with Gasteiger partial charge < -0.3 is 0 Å². The van der Waals surface area contributed by atoms with Crippen LogP contribution in [0.5, 0.6) is 0 Å². The molecule has 0 spiro atoms. The lowest BCUT2D eigenvalue weighted by Crippen LogP contribution is -2.34. The molecule has 6 nitrogen and oxygen atoms in total. The van der Waals surface area contributed by atoms with Gasteiger partial charge in [-0.05, 0) is 47.5 Å². The zero-order valence-corrected chi connectivity index (χ0v) is 20.0. The number of alkyl halides is 3. The lowest BCUT2D eigenvalue weighted by atomic mass is 9.91. The number of hydrogen-bond acceptors (Lipinski definition) is 4. The van der Waals surface area contributed by atoms with Crippen LogP contribution in [0.3, 0.4) is 0 Å². The van der Waals surface area contributed by atoms with Crippen molar-refractivity contribution in [3.8, 4) is 0 Å². The minimum absolute atomic E-state index is 0.0975. The molecule has 35 heavy (non-hydrogen) atoms. The van der Waals surface area contributed by atoms with E-state index in [4.69, 9.17) is 11.6 Å². The Kier molecular flexibility index (Phi) is 6.86. The van der Waals surface area contributed by atoms with Crippen molar-refractivity contribution in [2.24, 2.45) is 9.50 Å². The number of hydrogen-bond donors (Lipinski definition) is 0. The van der Waals surface area contributed by atoms with Gasteiger partial charge in [-0.15, -0.1) is 4.40 Å². The van der Waals surface area contributed by atoms with Crippen molar-refractivity contribution in [3.05, 3.63) is 101 Å². The van der Waals surface area contributed by atoms with E-state index < -0.39 is 21.8 Å². The number of benzene rings is 3. The minimum atomic E-state index is -4.56. The average molecular weight is 521 g/mol. The second-order valence-corrected chi connectivity index (χ2v) is 9.87. The Labute approximate surface area is 206 Å². The first-order valence-electron chi connectivity index (χ1n) is 10.4. The molecular formula is C24H20ClF3N4O2S. The summed E-state index contributed by atoms with van der Waals surface area (Å²) in [7, 11) is -2.63. The van der Waals surface area contributed by atoms with E-state index in [1.165, 1.54) is 5.01 Å². The summed E-state index contributed by atoms with van der Waals surface area (Å²) in [5, 5.41) is 8.27. The Balaban J connectivity index is 1.57. The van der Waals surface area contributed by atoms with Gasteiger partial charge in [0.25, 0.3) is 10.0 Å². The second-order valence-electron chi connectivity index (χ2n) is 7.80. The summed E-state index contributed by atoms with van der Waals surface area (Å²) in [5.41, 5.74) is 1.74. The summed E-state index contributed by atoms with van der Waals surface area (Å²) in [6.07, 6.45) is -3.49. The maximum atomic E-state index is 12.8. The largest absolute Gasteiger partial charge is 0.416 e. The summed E-state index contributed by atoms with van der Waals surface area (Å²) >= 11 is 6.03. The molecule has 0 radical (unpaired) electrons. The fourth-order valence-electron chi connectivity index (χ4n) is 3.58. The quantitative estimate of drug-likeness (QED) is 0.321. The molecule has 182 valence electrons. The first kappa shape index (κ1) is 24.7. The van der Waals surface area contributed by atoms with Crippen molar-refractivity contribution in [2.75, 3.05) is 13.6 Å². The molecule has 0 aliphatic carbocycles. The van der Waals surface area contributed by atoms with Crippen LogP contribution in [0.2, 0.25) is 5.02 Å². The maximum Gasteiger partial charge on any atom is 0.416 e. The standard InChI is InChI=1S/C24H20ClF3N4O2S/c1-31(16-29-35(33,34)21-13-9-19(10-14-21)24(26,27)28)32-15-22(17-5-3-2-4-6-17)23(30-32)18-7-11-20(25)12-8-18/h2-14,16,22H,15H2,1H3/b29-16+. The molecule has 0 aromatic heterocycles. The molecule has 3 aromatic rings. The van der Waals surface area contributed by atoms with E-state index in [2.05, 4.69) is 9.50 Å². The second kappa shape index (κ2) is 9.71. The molecular weight excluding hydrogens is 501 g/mol. The molecule has 1 atom stereocenters. The smallest absolute Gasteiger partial charge is 0.261 e. The molecule has 0 saturated carbocycles. The third kappa shape index (κ3) is 5.66. The highest BCUT2D eigenvalue weighted by atomic mass is 35.5. The van der Waals surface area contributed by atoms with E-state index >= 15 is 0 Å². The molecule has 1 unspecified atom stereocenters. The SMILES string of the molecule is CN(/C=N/S(=O)(=O)c1ccc(C(F)(F)F)cc1)N1CC(c2ccccc2)C(c2ccc(Cl)cc2)=N1. The van der Waals surface area contributed by atoms with E-state index in [0.717, 1.165) is 35.3 Å². The lowest BCUT2D eigenvalue weighted by Gasteiger charge is -2.24. The fourth-order valence-corrected chi connectivity index (χ4v) is 4.57. The Hall–Kier alpha value is -3.37. The molecule has 1 aliphatic rings. The molecule has 0 bridgehead atoms. The first-order chi connectivity index (χ1) is 16.5. The number of sulfonamides is 1. The Morgan fingerprint density at radius 1 is 1.03 bits per heavy atom. The number of nitrogens with zero attached hydrogens (tertiary/aromatic N) is 4. The van der Waals surface area contributed by atoms with Gasteiger partial charge in [-0.25, -0.2) is 5.12 Å². The van der Waals surface area contributed by atoms with Crippen LogP contribution in [0.4, 0.5) is 13.2 Å². The van der Waals surface area contributed by atoms with Crippen LogP contribution in [0.15, 0.2) is 93.3 Å². The van der Waals surface area contributed by atoms with Gasteiger partial charge in [0.15, 0.2) is 0 Å². The number of halogens is 4. The average Bonchev–Trinajstić information content (AvgIpc) is 3.29. The highest BCUT2D eigenvalue weighted by Gasteiger charge is 2.32. The molecule has 0 N–H and O–H groups in total. The van der Waals surface area contributed by atoms with Gasteiger partial charge in [0.05, 0.1) is 28.6 Å². The summed E-state index contributed by atoms with van der Waals surface area (Å²) in [4.78, 5) is -0.343. The minimum Gasteiger partial charge on any atom is -0.261 e. The van der Waals surface area contributed by atoms with Crippen molar-refractivity contribution in [1.29, 1.82) is 0 Å². The highest BCUT2D eigenvalue weighted by molar-refractivity contribution is 7.90. The fraction of sp³-hybridized carbons (Fsp3) is 0.167. The van der Waals surface area contributed by atoms with Crippen LogP contribution in [-0.2, 0) is 16.2 Å². The first-order valence-corrected chi connectivity index (χ1v) is 12.2. The molecule has 0 fully saturated rings. The van der Waals surface area contributed by atoms with Gasteiger partial charge in [-0.3, -0.25) is 5.01 Å².